The molecule has 2 aromatic rings. The van der Waals surface area contributed by atoms with E-state index in [9.17, 15) is 14.0 Å². The number of methoxy groups -OCH3 is 1. The molecule has 0 spiro atoms. The van der Waals surface area contributed by atoms with Gasteiger partial charge in [0.2, 0.25) is 0 Å². The molecule has 0 unspecified atom stereocenters. The summed E-state index contributed by atoms with van der Waals surface area (Å²) in [7, 11) is 1.48. The van der Waals surface area contributed by atoms with Crippen LogP contribution in [0.3, 0.4) is 0 Å². The maximum Gasteiger partial charge on any atom is 0.335 e. The van der Waals surface area contributed by atoms with Gasteiger partial charge in [-0.05, 0) is 41.8 Å². The second kappa shape index (κ2) is 13.5. The van der Waals surface area contributed by atoms with E-state index >= 15 is 0 Å². The van der Waals surface area contributed by atoms with Crippen molar-refractivity contribution in [2.45, 2.75) is 20.8 Å². The normalized spacial score (nSPS) is 8.96. The monoisotopic (exact) mass is 360 g/mol. The lowest BCUT2D eigenvalue weighted by Crippen LogP contribution is -2.02. The van der Waals surface area contributed by atoms with Gasteiger partial charge >= 0.3 is 5.97 Å². The fraction of sp³-hybridized carbons (Fsp3) is 0.238. The summed E-state index contributed by atoms with van der Waals surface area (Å²) in [5.41, 5.74) is 2.25. The van der Waals surface area contributed by atoms with Gasteiger partial charge in [0.25, 0.3) is 0 Å². The quantitative estimate of drug-likeness (QED) is 0.334. The van der Waals surface area contributed by atoms with E-state index in [0.29, 0.717) is 17.6 Å². The Bertz CT molecular complexity index is 694. The molecule has 0 aromatic heterocycles. The van der Waals surface area contributed by atoms with Crippen LogP contribution in [-0.2, 0) is 14.3 Å². The molecule has 5 heteroatoms. The summed E-state index contributed by atoms with van der Waals surface area (Å²) in [5.74, 6) is -0.310. The Balaban J connectivity index is 0.000000772. The van der Waals surface area contributed by atoms with Gasteiger partial charge in [0.05, 0.1) is 0 Å². The standard InChI is InChI=1S/C16H13FO2.C3H6O2.C2H6/c1-3-16(18)19-14-8-6-12(7-9-14)13-5-4-11(2)15(17)10-13;1-5-3-2-4;1-2/h3-10H,1H2,2H3;2H,3H2,1H3;1-2H3. The molecule has 0 atom stereocenters. The highest BCUT2D eigenvalue weighted by atomic mass is 19.1. The Hall–Kier alpha value is -2.79. The highest BCUT2D eigenvalue weighted by Gasteiger charge is 2.04. The van der Waals surface area contributed by atoms with Gasteiger partial charge in [0.15, 0.2) is 0 Å². The third-order valence-electron chi connectivity index (χ3n) is 2.98. The van der Waals surface area contributed by atoms with Crippen molar-refractivity contribution < 1.29 is 23.5 Å². The molecule has 26 heavy (non-hydrogen) atoms. The zero-order valence-electron chi connectivity index (χ0n) is 15.6. The summed E-state index contributed by atoms with van der Waals surface area (Å²) in [6.45, 7) is 9.25. The topological polar surface area (TPSA) is 52.6 Å². The smallest absolute Gasteiger partial charge is 0.335 e. The molecule has 0 aliphatic carbocycles. The van der Waals surface area contributed by atoms with Gasteiger partial charge in [-0.2, -0.15) is 0 Å². The van der Waals surface area contributed by atoms with Crippen molar-refractivity contribution >= 4 is 12.3 Å². The minimum absolute atomic E-state index is 0.208. The van der Waals surface area contributed by atoms with Gasteiger partial charge in [-0.15, -0.1) is 0 Å². The molecule has 0 saturated heterocycles. The lowest BCUT2D eigenvalue weighted by molar-refractivity contribution is -0.129. The van der Waals surface area contributed by atoms with Crippen LogP contribution in [0.2, 0.25) is 0 Å². The number of carbonyl (C=O) groups is 2. The van der Waals surface area contributed by atoms with Crippen molar-refractivity contribution in [1.29, 1.82) is 0 Å². The number of aldehydes is 1. The molecule has 140 valence electrons. The predicted octanol–water partition coefficient (Wildman–Crippen LogP) is 4.75. The SMILES string of the molecule is C=CC(=O)Oc1ccc(-c2ccc(C)c(F)c2)cc1.CC.COCC=O. The summed E-state index contributed by atoms with van der Waals surface area (Å²) in [5, 5.41) is 0. The van der Waals surface area contributed by atoms with E-state index in [-0.39, 0.29) is 12.4 Å². The van der Waals surface area contributed by atoms with Gasteiger partial charge in [-0.25, -0.2) is 9.18 Å². The van der Waals surface area contributed by atoms with Crippen molar-refractivity contribution in [1.82, 2.24) is 0 Å². The Kier molecular flexibility index (Phi) is 12.0. The summed E-state index contributed by atoms with van der Waals surface area (Å²) in [6.07, 6.45) is 1.81. The van der Waals surface area contributed by atoms with Crippen LogP contribution in [0.15, 0.2) is 55.1 Å². The number of esters is 1. The fourth-order valence-corrected chi connectivity index (χ4v) is 1.71. The number of halogens is 1. The molecule has 4 nitrogen and oxygen atoms in total. The average molecular weight is 360 g/mol. The Labute approximate surface area is 154 Å². The Morgan fingerprint density at radius 2 is 1.69 bits per heavy atom. The Morgan fingerprint density at radius 3 is 2.12 bits per heavy atom. The molecular formula is C21H25FO4. The molecule has 0 amide bonds. The zero-order chi connectivity index (χ0) is 19.9. The van der Waals surface area contributed by atoms with Crippen molar-refractivity contribution in [3.63, 3.8) is 0 Å². The first-order chi connectivity index (χ1) is 12.5. The number of benzene rings is 2. The molecule has 2 rings (SSSR count). The molecule has 0 bridgehead atoms. The highest BCUT2D eigenvalue weighted by Crippen LogP contribution is 2.24. The maximum absolute atomic E-state index is 13.5. The minimum Gasteiger partial charge on any atom is -0.423 e. The first-order valence-electron chi connectivity index (χ1n) is 8.15. The molecule has 0 saturated carbocycles. The van der Waals surface area contributed by atoms with Crippen LogP contribution in [0.4, 0.5) is 4.39 Å². The lowest BCUT2D eigenvalue weighted by Gasteiger charge is -2.05. The minimum atomic E-state index is -0.505. The molecule has 0 aliphatic rings. The van der Waals surface area contributed by atoms with E-state index in [1.165, 1.54) is 13.2 Å². The van der Waals surface area contributed by atoms with Crippen LogP contribution in [0.5, 0.6) is 5.75 Å². The van der Waals surface area contributed by atoms with Crippen LogP contribution in [0, 0.1) is 12.7 Å². The molecule has 0 radical (unpaired) electrons. The van der Waals surface area contributed by atoms with E-state index in [4.69, 9.17) is 4.74 Å². The molecule has 2 aromatic carbocycles. The third kappa shape index (κ3) is 8.35. The molecular weight excluding hydrogens is 335 g/mol. The van der Waals surface area contributed by atoms with E-state index in [1.54, 1.807) is 37.3 Å². The third-order valence-corrected chi connectivity index (χ3v) is 2.98. The van der Waals surface area contributed by atoms with Gasteiger partial charge < -0.3 is 14.3 Å². The van der Waals surface area contributed by atoms with Crippen molar-refractivity contribution in [2.75, 3.05) is 13.7 Å². The summed E-state index contributed by atoms with van der Waals surface area (Å²) < 4.78 is 22.8. The van der Waals surface area contributed by atoms with Crippen LogP contribution >= 0.6 is 0 Å². The zero-order valence-corrected chi connectivity index (χ0v) is 15.6. The number of hydrogen-bond donors (Lipinski definition) is 0. The second-order valence-corrected chi connectivity index (χ2v) is 4.74. The first-order valence-corrected chi connectivity index (χ1v) is 8.15. The van der Waals surface area contributed by atoms with E-state index < -0.39 is 5.97 Å². The number of carbonyl (C=O) groups excluding carboxylic acids is 2. The maximum atomic E-state index is 13.5. The van der Waals surface area contributed by atoms with Crippen molar-refractivity contribution in [3.8, 4) is 16.9 Å². The number of aryl methyl sites for hydroxylation is 1. The highest BCUT2D eigenvalue weighted by molar-refractivity contribution is 5.83. The number of hydrogen-bond acceptors (Lipinski definition) is 4. The predicted molar refractivity (Wildman–Crippen MR) is 102 cm³/mol. The lowest BCUT2D eigenvalue weighted by atomic mass is 10.0. The van der Waals surface area contributed by atoms with Crippen molar-refractivity contribution in [2.24, 2.45) is 0 Å². The first kappa shape index (κ1) is 23.2. The fourth-order valence-electron chi connectivity index (χ4n) is 1.71. The van der Waals surface area contributed by atoms with Gasteiger partial charge in [-0.3, -0.25) is 0 Å². The molecule has 0 N–H and O–H groups in total. The number of rotatable bonds is 5. The molecule has 0 aliphatic heterocycles. The average Bonchev–Trinajstić information content (AvgIpc) is 2.67. The number of ether oxygens (including phenoxy) is 2. The second-order valence-electron chi connectivity index (χ2n) is 4.74. The van der Waals surface area contributed by atoms with E-state index in [0.717, 1.165) is 17.2 Å². The van der Waals surface area contributed by atoms with Crippen LogP contribution in [0.1, 0.15) is 19.4 Å². The summed E-state index contributed by atoms with van der Waals surface area (Å²) in [4.78, 5) is 20.3. The van der Waals surface area contributed by atoms with E-state index in [2.05, 4.69) is 11.3 Å². The van der Waals surface area contributed by atoms with Gasteiger partial charge in [0.1, 0.15) is 24.5 Å². The largest absolute Gasteiger partial charge is 0.423 e. The summed E-state index contributed by atoms with van der Waals surface area (Å²) >= 11 is 0. The molecule has 0 heterocycles. The van der Waals surface area contributed by atoms with E-state index in [1.807, 2.05) is 19.9 Å². The van der Waals surface area contributed by atoms with Crippen LogP contribution in [-0.4, -0.2) is 26.0 Å². The van der Waals surface area contributed by atoms with Crippen LogP contribution < -0.4 is 4.74 Å². The van der Waals surface area contributed by atoms with Gasteiger partial charge in [-0.1, -0.05) is 44.7 Å². The summed E-state index contributed by atoms with van der Waals surface area (Å²) in [6, 6.07) is 11.9. The van der Waals surface area contributed by atoms with Crippen LogP contribution in [0.25, 0.3) is 11.1 Å². The van der Waals surface area contributed by atoms with Gasteiger partial charge in [0, 0.05) is 13.2 Å². The van der Waals surface area contributed by atoms with Crippen molar-refractivity contribution in [3.05, 3.63) is 66.5 Å². The molecule has 0 fully saturated rings. The Morgan fingerprint density at radius 1 is 1.12 bits per heavy atom.